The zero-order chi connectivity index (χ0) is 10.6. The first-order chi connectivity index (χ1) is 6.66. The Hall–Kier alpha value is 0.490. The molecule has 0 aliphatic heterocycles. The van der Waals surface area contributed by atoms with Crippen molar-refractivity contribution in [1.29, 1.82) is 0 Å². The summed E-state index contributed by atoms with van der Waals surface area (Å²) in [5.74, 6) is 0. The molecule has 4 nitrogen and oxygen atoms in total. The van der Waals surface area contributed by atoms with Crippen molar-refractivity contribution in [2.24, 2.45) is 0 Å². The Morgan fingerprint density at radius 2 is 2.07 bits per heavy atom. The SMILES string of the molecule is C[I-]O[NH+]([O-])c1ccccc1N(P)P. The van der Waals surface area contributed by atoms with Crippen molar-refractivity contribution in [1.82, 2.24) is 0 Å². The average molecular weight is 345 g/mol. The van der Waals surface area contributed by atoms with Crippen LogP contribution in [0.4, 0.5) is 11.4 Å². The van der Waals surface area contributed by atoms with Crippen molar-refractivity contribution >= 4 is 30.2 Å². The summed E-state index contributed by atoms with van der Waals surface area (Å²) >= 11 is -0.473. The molecular weight excluding hydrogens is 333 g/mol. The summed E-state index contributed by atoms with van der Waals surface area (Å²) in [7, 11) is 4.97. The van der Waals surface area contributed by atoms with E-state index in [0.717, 1.165) is 5.69 Å². The van der Waals surface area contributed by atoms with Crippen LogP contribution in [0.5, 0.6) is 0 Å². The molecule has 0 aromatic heterocycles. The molecule has 3 atom stereocenters. The molecule has 1 aromatic carbocycles. The quantitative estimate of drug-likeness (QED) is 0.288. The molecule has 14 heavy (non-hydrogen) atoms. The minimum absolute atomic E-state index is 0.245. The Bertz CT molecular complexity index is 301. The standard InChI is InChI=1S/C7H12IN2O2P2/c1-8-12-9(11)6-4-2-3-5-7(6)10(13)14/h2-5,9H,13-14H2,1H3/q-1. The van der Waals surface area contributed by atoms with E-state index in [2.05, 4.69) is 18.8 Å². The van der Waals surface area contributed by atoms with E-state index >= 15 is 0 Å². The summed E-state index contributed by atoms with van der Waals surface area (Å²) < 4.78 is 6.79. The van der Waals surface area contributed by atoms with Crippen molar-refractivity contribution in [3.8, 4) is 0 Å². The molecule has 0 saturated heterocycles. The van der Waals surface area contributed by atoms with Crippen molar-refractivity contribution in [3.63, 3.8) is 0 Å². The van der Waals surface area contributed by atoms with E-state index in [-0.39, 0.29) is 5.23 Å². The van der Waals surface area contributed by atoms with Gasteiger partial charge in [-0.1, -0.05) is 0 Å². The first kappa shape index (κ1) is 12.6. The van der Waals surface area contributed by atoms with Crippen LogP contribution in [0, 0.1) is 5.21 Å². The number of alkyl halides is 1. The van der Waals surface area contributed by atoms with Gasteiger partial charge in [0.2, 0.25) is 0 Å². The van der Waals surface area contributed by atoms with Gasteiger partial charge >= 0.3 is 99.0 Å². The zero-order valence-electron chi connectivity index (χ0n) is 7.61. The van der Waals surface area contributed by atoms with Crippen LogP contribution in [0.3, 0.4) is 0 Å². The molecule has 0 saturated carbocycles. The van der Waals surface area contributed by atoms with Crippen LogP contribution in [0.15, 0.2) is 24.3 Å². The molecule has 0 aliphatic rings. The number of hydrogen-bond acceptors (Lipinski definition) is 3. The van der Waals surface area contributed by atoms with E-state index in [1.54, 1.807) is 10.5 Å². The fourth-order valence-corrected chi connectivity index (χ4v) is 2.07. The summed E-state index contributed by atoms with van der Waals surface area (Å²) in [5.41, 5.74) is 1.42. The van der Waals surface area contributed by atoms with E-state index in [4.69, 9.17) is 3.17 Å². The van der Waals surface area contributed by atoms with E-state index < -0.39 is 21.6 Å². The number of halogens is 1. The number of hydrogen-bond donors (Lipinski definition) is 1. The molecule has 3 unspecified atom stereocenters. The number of benzene rings is 1. The number of nitrogens with one attached hydrogen (secondary N) is 1. The third-order valence-electron chi connectivity index (χ3n) is 1.55. The van der Waals surface area contributed by atoms with E-state index in [0.29, 0.717) is 5.69 Å². The topological polar surface area (TPSA) is 40.0 Å². The molecule has 0 fully saturated rings. The van der Waals surface area contributed by atoms with Gasteiger partial charge < -0.3 is 0 Å². The second-order valence-electron chi connectivity index (χ2n) is 2.44. The zero-order valence-corrected chi connectivity index (χ0v) is 12.1. The Morgan fingerprint density at radius 3 is 2.64 bits per heavy atom. The summed E-state index contributed by atoms with van der Waals surface area (Å²) in [5, 5.41) is 11.3. The number of nitrogens with zero attached hydrogens (tertiary/aromatic N) is 1. The summed E-state index contributed by atoms with van der Waals surface area (Å²) in [6.45, 7) is 0. The first-order valence-corrected chi connectivity index (χ1v) is 7.83. The van der Waals surface area contributed by atoms with Crippen LogP contribution < -0.4 is 31.3 Å². The monoisotopic (exact) mass is 345 g/mol. The van der Waals surface area contributed by atoms with Crippen LogP contribution in [-0.2, 0) is 3.17 Å². The van der Waals surface area contributed by atoms with E-state index in [1.165, 1.54) is 0 Å². The minimum atomic E-state index is -0.473. The molecule has 7 heteroatoms. The fraction of sp³-hybridized carbons (Fsp3) is 0.143. The van der Waals surface area contributed by atoms with Crippen LogP contribution in [0.25, 0.3) is 0 Å². The van der Waals surface area contributed by atoms with Crippen LogP contribution in [-0.4, -0.2) is 4.93 Å². The molecule has 0 radical (unpaired) electrons. The molecule has 80 valence electrons. The third kappa shape index (κ3) is 3.26. The Morgan fingerprint density at radius 1 is 1.43 bits per heavy atom. The number of para-hydroxylation sites is 1. The molecule has 0 aliphatic carbocycles. The first-order valence-electron chi connectivity index (χ1n) is 3.76. The van der Waals surface area contributed by atoms with Gasteiger partial charge in [0.25, 0.3) is 0 Å². The Kier molecular flexibility index (Phi) is 5.52. The summed E-state index contributed by atoms with van der Waals surface area (Å²) in [6, 6.07) is 7.34. The van der Waals surface area contributed by atoms with Crippen molar-refractivity contribution < 1.29 is 30.0 Å². The van der Waals surface area contributed by atoms with E-state index in [1.807, 2.05) is 23.1 Å². The third-order valence-corrected chi connectivity index (χ3v) is 2.95. The van der Waals surface area contributed by atoms with Crippen molar-refractivity contribution in [3.05, 3.63) is 29.5 Å². The maximum atomic E-state index is 11.5. The van der Waals surface area contributed by atoms with Crippen LogP contribution in [0.1, 0.15) is 0 Å². The average Bonchev–Trinajstić information content (AvgIpc) is 2.18. The summed E-state index contributed by atoms with van der Waals surface area (Å²) in [6.07, 6.45) is 0. The molecular formula is C7H12IN2O2P2-. The molecule has 0 heterocycles. The van der Waals surface area contributed by atoms with Gasteiger partial charge in [-0.2, -0.15) is 0 Å². The van der Waals surface area contributed by atoms with Gasteiger partial charge in [0.05, 0.1) is 0 Å². The Balaban J connectivity index is 2.94. The van der Waals surface area contributed by atoms with Crippen LogP contribution in [0.2, 0.25) is 0 Å². The maximum absolute atomic E-state index is 11.5. The Labute approximate surface area is 98.8 Å². The fourth-order valence-electron chi connectivity index (χ4n) is 0.983. The van der Waals surface area contributed by atoms with E-state index in [9.17, 15) is 5.21 Å². The second-order valence-corrected chi connectivity index (χ2v) is 5.47. The normalized spacial score (nSPS) is 12.9. The van der Waals surface area contributed by atoms with Gasteiger partial charge in [0.15, 0.2) is 0 Å². The second kappa shape index (κ2) is 6.16. The van der Waals surface area contributed by atoms with Crippen molar-refractivity contribution in [2.75, 3.05) is 9.37 Å². The van der Waals surface area contributed by atoms with Gasteiger partial charge in [0, 0.05) is 0 Å². The van der Waals surface area contributed by atoms with Gasteiger partial charge in [-0.25, -0.2) is 0 Å². The predicted molar refractivity (Wildman–Crippen MR) is 59.3 cm³/mol. The van der Waals surface area contributed by atoms with Gasteiger partial charge in [0.1, 0.15) is 0 Å². The van der Waals surface area contributed by atoms with Crippen LogP contribution >= 0.6 is 18.8 Å². The molecule has 1 aromatic rings. The summed E-state index contributed by atoms with van der Waals surface area (Å²) in [4.78, 5) is 1.90. The van der Waals surface area contributed by atoms with Gasteiger partial charge in [-0.15, -0.1) is 0 Å². The van der Waals surface area contributed by atoms with Gasteiger partial charge in [-0.3, -0.25) is 0 Å². The van der Waals surface area contributed by atoms with Crippen molar-refractivity contribution in [2.45, 2.75) is 0 Å². The van der Waals surface area contributed by atoms with Gasteiger partial charge in [-0.05, 0) is 0 Å². The molecule has 1 rings (SSSR count). The molecule has 1 N–H and O–H groups in total. The predicted octanol–water partition coefficient (Wildman–Crippen LogP) is -2.35. The molecule has 0 amide bonds. The number of quaternary nitrogens is 1. The number of anilines is 1. The number of rotatable bonds is 4. The molecule has 0 spiro atoms. The molecule has 0 bridgehead atoms.